The van der Waals surface area contributed by atoms with Crippen LogP contribution in [0.15, 0.2) is 42.5 Å². The van der Waals surface area contributed by atoms with Crippen LogP contribution < -0.4 is 5.32 Å². The van der Waals surface area contributed by atoms with Gasteiger partial charge in [-0.3, -0.25) is 4.79 Å². The molecule has 0 heterocycles. The van der Waals surface area contributed by atoms with Crippen molar-refractivity contribution in [3.05, 3.63) is 64.4 Å². The van der Waals surface area contributed by atoms with Gasteiger partial charge in [-0.25, -0.2) is 4.39 Å². The number of rotatable bonds is 3. The van der Waals surface area contributed by atoms with Gasteiger partial charge in [-0.05, 0) is 36.2 Å². The topological polar surface area (TPSA) is 29.1 Å². The number of carbonyl (C=O) groups excluding carboxylic acids is 1. The molecule has 2 rings (SSSR count). The van der Waals surface area contributed by atoms with Crippen LogP contribution in [0.5, 0.6) is 0 Å². The molecule has 2 nitrogen and oxygen atoms in total. The summed E-state index contributed by atoms with van der Waals surface area (Å²) in [5, 5.41) is 3.07. The summed E-state index contributed by atoms with van der Waals surface area (Å²) in [7, 11) is 0. The largest absolute Gasteiger partial charge is 0.323 e. The fourth-order valence-electron chi connectivity index (χ4n) is 1.73. The maximum Gasteiger partial charge on any atom is 0.228 e. The molecule has 0 aromatic heterocycles. The number of amides is 1. The first-order chi connectivity index (χ1) is 9.06. The summed E-state index contributed by atoms with van der Waals surface area (Å²) in [6, 6.07) is 11.8. The van der Waals surface area contributed by atoms with E-state index in [1.807, 2.05) is 0 Å². The Morgan fingerprint density at radius 1 is 1.26 bits per heavy atom. The van der Waals surface area contributed by atoms with Crippen molar-refractivity contribution < 1.29 is 9.18 Å². The zero-order valence-corrected chi connectivity index (χ0v) is 11.2. The minimum absolute atomic E-state index is 0.118. The van der Waals surface area contributed by atoms with Crippen molar-refractivity contribution in [2.45, 2.75) is 13.3 Å². The van der Waals surface area contributed by atoms with Crippen molar-refractivity contribution in [1.82, 2.24) is 0 Å². The van der Waals surface area contributed by atoms with Gasteiger partial charge in [0.1, 0.15) is 5.82 Å². The highest BCUT2D eigenvalue weighted by Crippen LogP contribution is 2.18. The zero-order valence-electron chi connectivity index (χ0n) is 10.4. The summed E-state index contributed by atoms with van der Waals surface area (Å²) < 4.78 is 13.6. The second-order valence-electron chi connectivity index (χ2n) is 4.30. The van der Waals surface area contributed by atoms with Crippen LogP contribution in [0.25, 0.3) is 0 Å². The lowest BCUT2D eigenvalue weighted by Crippen LogP contribution is -2.15. The monoisotopic (exact) mass is 277 g/mol. The van der Waals surface area contributed by atoms with Crippen molar-refractivity contribution in [1.29, 1.82) is 0 Å². The van der Waals surface area contributed by atoms with Crippen LogP contribution in [0.4, 0.5) is 10.1 Å². The van der Waals surface area contributed by atoms with Gasteiger partial charge >= 0.3 is 0 Å². The summed E-state index contributed by atoms with van der Waals surface area (Å²) in [6.07, 6.45) is 0.118. The molecule has 98 valence electrons. The standard InChI is InChI=1S/C15H13ClFNO/c1-10-6-7-14(13(17)8-10)18-15(19)9-11-4-2-3-5-12(11)16/h2-8H,9H2,1H3,(H,18,19). The van der Waals surface area contributed by atoms with Gasteiger partial charge in [0.25, 0.3) is 0 Å². The zero-order chi connectivity index (χ0) is 13.8. The van der Waals surface area contributed by atoms with E-state index in [4.69, 9.17) is 11.6 Å². The second kappa shape index (κ2) is 5.85. The van der Waals surface area contributed by atoms with Gasteiger partial charge in [0.15, 0.2) is 0 Å². The van der Waals surface area contributed by atoms with E-state index in [-0.39, 0.29) is 18.0 Å². The maximum absolute atomic E-state index is 13.6. The molecule has 0 radical (unpaired) electrons. The van der Waals surface area contributed by atoms with E-state index < -0.39 is 5.82 Å². The van der Waals surface area contributed by atoms with Gasteiger partial charge in [-0.15, -0.1) is 0 Å². The minimum atomic E-state index is -0.437. The number of nitrogens with one attached hydrogen (secondary N) is 1. The van der Waals surface area contributed by atoms with Crippen LogP contribution >= 0.6 is 11.6 Å². The van der Waals surface area contributed by atoms with Crippen LogP contribution in [0.1, 0.15) is 11.1 Å². The van der Waals surface area contributed by atoms with E-state index in [0.717, 1.165) is 5.56 Å². The van der Waals surface area contributed by atoms with E-state index in [1.54, 1.807) is 43.3 Å². The number of halogens is 2. The van der Waals surface area contributed by atoms with Crippen LogP contribution in [0, 0.1) is 12.7 Å². The molecule has 0 spiro atoms. The van der Waals surface area contributed by atoms with Crippen molar-refractivity contribution >= 4 is 23.2 Å². The summed E-state index contributed by atoms with van der Waals surface area (Å²) in [6.45, 7) is 1.79. The maximum atomic E-state index is 13.6. The molecule has 0 aliphatic heterocycles. The average molecular weight is 278 g/mol. The van der Waals surface area contributed by atoms with E-state index >= 15 is 0 Å². The van der Waals surface area contributed by atoms with Crippen LogP contribution in [0.3, 0.4) is 0 Å². The van der Waals surface area contributed by atoms with Crippen molar-refractivity contribution in [2.75, 3.05) is 5.32 Å². The predicted octanol–water partition coefficient (Wildman–Crippen LogP) is 3.97. The van der Waals surface area contributed by atoms with E-state index in [1.165, 1.54) is 6.07 Å². The fraction of sp³-hybridized carbons (Fsp3) is 0.133. The molecule has 1 N–H and O–H groups in total. The highest BCUT2D eigenvalue weighted by Gasteiger charge is 2.09. The quantitative estimate of drug-likeness (QED) is 0.904. The van der Waals surface area contributed by atoms with E-state index in [0.29, 0.717) is 10.6 Å². The Balaban J connectivity index is 2.08. The predicted molar refractivity (Wildman–Crippen MR) is 74.9 cm³/mol. The molecular formula is C15H13ClFNO. The Hall–Kier alpha value is -1.87. The third-order valence-electron chi connectivity index (χ3n) is 2.71. The smallest absolute Gasteiger partial charge is 0.228 e. The number of anilines is 1. The van der Waals surface area contributed by atoms with E-state index in [2.05, 4.69) is 5.32 Å². The van der Waals surface area contributed by atoms with Gasteiger partial charge in [-0.2, -0.15) is 0 Å². The second-order valence-corrected chi connectivity index (χ2v) is 4.71. The summed E-state index contributed by atoms with van der Waals surface area (Å²) >= 11 is 5.97. The molecule has 2 aromatic carbocycles. The Bertz CT molecular complexity index is 613. The number of carbonyl (C=O) groups is 1. The minimum Gasteiger partial charge on any atom is -0.323 e. The molecule has 19 heavy (non-hydrogen) atoms. The SMILES string of the molecule is Cc1ccc(NC(=O)Cc2ccccc2Cl)c(F)c1. The number of hydrogen-bond donors (Lipinski definition) is 1. The van der Waals surface area contributed by atoms with Crippen LogP contribution in [-0.2, 0) is 11.2 Å². The number of benzene rings is 2. The Morgan fingerprint density at radius 3 is 2.68 bits per heavy atom. The molecule has 0 bridgehead atoms. The molecule has 4 heteroatoms. The van der Waals surface area contributed by atoms with Gasteiger partial charge in [0.2, 0.25) is 5.91 Å². The first-order valence-electron chi connectivity index (χ1n) is 5.85. The Kier molecular flexibility index (Phi) is 4.17. The molecule has 0 saturated carbocycles. The van der Waals surface area contributed by atoms with Crippen molar-refractivity contribution in [3.8, 4) is 0 Å². The molecule has 0 aliphatic rings. The molecular weight excluding hydrogens is 265 g/mol. The van der Waals surface area contributed by atoms with Gasteiger partial charge < -0.3 is 5.32 Å². The lowest BCUT2D eigenvalue weighted by molar-refractivity contribution is -0.115. The first-order valence-corrected chi connectivity index (χ1v) is 6.23. The lowest BCUT2D eigenvalue weighted by Gasteiger charge is -2.08. The third-order valence-corrected chi connectivity index (χ3v) is 3.08. The molecule has 0 atom stereocenters. The highest BCUT2D eigenvalue weighted by atomic mass is 35.5. The van der Waals surface area contributed by atoms with Gasteiger partial charge in [0.05, 0.1) is 12.1 Å². The van der Waals surface area contributed by atoms with Crippen LogP contribution in [-0.4, -0.2) is 5.91 Å². The first kappa shape index (κ1) is 13.6. The normalized spacial score (nSPS) is 10.3. The summed E-state index contributed by atoms with van der Waals surface area (Å²) in [5.41, 5.74) is 1.71. The van der Waals surface area contributed by atoms with E-state index in [9.17, 15) is 9.18 Å². The molecule has 2 aromatic rings. The summed E-state index contributed by atoms with van der Waals surface area (Å²) in [5.74, 6) is -0.733. The van der Waals surface area contributed by atoms with Crippen molar-refractivity contribution in [3.63, 3.8) is 0 Å². The molecule has 0 fully saturated rings. The van der Waals surface area contributed by atoms with Crippen molar-refractivity contribution in [2.24, 2.45) is 0 Å². The number of hydrogen-bond acceptors (Lipinski definition) is 1. The van der Waals surface area contributed by atoms with Crippen LogP contribution in [0.2, 0.25) is 5.02 Å². The Labute approximate surface area is 116 Å². The fourth-order valence-corrected chi connectivity index (χ4v) is 1.93. The lowest BCUT2D eigenvalue weighted by atomic mass is 10.1. The number of aryl methyl sites for hydroxylation is 1. The molecule has 0 unspecified atom stereocenters. The third kappa shape index (κ3) is 3.55. The average Bonchev–Trinajstić information content (AvgIpc) is 2.36. The molecule has 1 amide bonds. The molecule has 0 saturated heterocycles. The Morgan fingerprint density at radius 2 is 2.00 bits per heavy atom. The van der Waals surface area contributed by atoms with Gasteiger partial charge in [0, 0.05) is 5.02 Å². The summed E-state index contributed by atoms with van der Waals surface area (Å²) in [4.78, 5) is 11.8. The molecule has 0 aliphatic carbocycles. The van der Waals surface area contributed by atoms with Gasteiger partial charge in [-0.1, -0.05) is 35.9 Å². The highest BCUT2D eigenvalue weighted by molar-refractivity contribution is 6.31.